The Morgan fingerprint density at radius 3 is 2.58 bits per heavy atom. The summed E-state index contributed by atoms with van der Waals surface area (Å²) in [5.41, 5.74) is 7.51. The van der Waals surface area contributed by atoms with Crippen molar-refractivity contribution >= 4 is 22.6 Å². The Kier molecular flexibility index (Phi) is 4.57. The molecule has 2 heterocycles. The van der Waals surface area contributed by atoms with Crippen LogP contribution in [0, 0.1) is 6.92 Å². The van der Waals surface area contributed by atoms with E-state index in [0.717, 1.165) is 54.2 Å². The number of ether oxygens (including phenoxy) is 1. The lowest BCUT2D eigenvalue weighted by molar-refractivity contribution is -0.122. The van der Waals surface area contributed by atoms with Gasteiger partial charge in [0.05, 0.1) is 18.7 Å². The van der Waals surface area contributed by atoms with Crippen molar-refractivity contribution in [1.82, 2.24) is 9.88 Å². The first-order valence-electron chi connectivity index (χ1n) is 8.23. The van der Waals surface area contributed by atoms with Crippen LogP contribution < -0.4 is 15.4 Å². The first kappa shape index (κ1) is 16.5. The van der Waals surface area contributed by atoms with Crippen LogP contribution in [0.4, 0.5) is 5.82 Å². The molecule has 3 rings (SSSR count). The Labute approximate surface area is 142 Å². The highest BCUT2D eigenvalue weighted by Crippen LogP contribution is 2.26. The molecular formula is C18H24N4O2. The number of benzene rings is 1. The highest BCUT2D eigenvalue weighted by molar-refractivity contribution is 5.83. The van der Waals surface area contributed by atoms with Crippen LogP contribution in [0.1, 0.15) is 12.5 Å². The van der Waals surface area contributed by atoms with E-state index in [-0.39, 0.29) is 11.9 Å². The average Bonchev–Trinajstić information content (AvgIpc) is 2.60. The molecule has 6 heteroatoms. The number of anilines is 1. The van der Waals surface area contributed by atoms with Gasteiger partial charge in [-0.05, 0) is 43.7 Å². The summed E-state index contributed by atoms with van der Waals surface area (Å²) in [5, 5.41) is 1.08. The standard InChI is InChI=1S/C18H24N4O2/c1-12-10-14-11-15(24-3)4-5-16(14)20-18(12)22-8-6-21(7-9-22)13(2)17(19)23/h4-5,10-11,13H,6-9H2,1-3H3,(H2,19,23)/t13-/m0/s1. The smallest absolute Gasteiger partial charge is 0.234 e. The van der Waals surface area contributed by atoms with Gasteiger partial charge < -0.3 is 15.4 Å². The van der Waals surface area contributed by atoms with Gasteiger partial charge >= 0.3 is 0 Å². The van der Waals surface area contributed by atoms with E-state index in [9.17, 15) is 4.79 Å². The van der Waals surface area contributed by atoms with Crippen molar-refractivity contribution in [2.45, 2.75) is 19.9 Å². The Bertz CT molecular complexity index is 754. The molecule has 0 radical (unpaired) electrons. The van der Waals surface area contributed by atoms with E-state index in [4.69, 9.17) is 15.5 Å². The van der Waals surface area contributed by atoms with Crippen molar-refractivity contribution in [1.29, 1.82) is 0 Å². The van der Waals surface area contributed by atoms with Crippen molar-refractivity contribution in [2.24, 2.45) is 5.73 Å². The fourth-order valence-corrected chi connectivity index (χ4v) is 3.20. The van der Waals surface area contributed by atoms with Crippen LogP contribution in [0.3, 0.4) is 0 Å². The Morgan fingerprint density at radius 2 is 1.96 bits per heavy atom. The number of carbonyl (C=O) groups is 1. The number of methoxy groups -OCH3 is 1. The molecule has 0 bridgehead atoms. The van der Waals surface area contributed by atoms with Crippen molar-refractivity contribution in [3.05, 3.63) is 29.8 Å². The van der Waals surface area contributed by atoms with E-state index in [2.05, 4.69) is 22.8 Å². The zero-order valence-corrected chi connectivity index (χ0v) is 14.5. The number of primary amides is 1. The number of pyridine rings is 1. The largest absolute Gasteiger partial charge is 0.497 e. The molecule has 0 aliphatic carbocycles. The second-order valence-corrected chi connectivity index (χ2v) is 6.29. The SMILES string of the molecule is COc1ccc2nc(N3CCN([C@@H](C)C(N)=O)CC3)c(C)cc2c1. The summed E-state index contributed by atoms with van der Waals surface area (Å²) in [6, 6.07) is 7.86. The summed E-state index contributed by atoms with van der Waals surface area (Å²) in [6.45, 7) is 7.25. The average molecular weight is 328 g/mol. The number of hydrogen-bond donors (Lipinski definition) is 1. The minimum atomic E-state index is -0.266. The van der Waals surface area contributed by atoms with Crippen molar-refractivity contribution in [2.75, 3.05) is 38.2 Å². The van der Waals surface area contributed by atoms with Crippen LogP contribution in [-0.2, 0) is 4.79 Å². The number of nitrogens with two attached hydrogens (primary N) is 1. The van der Waals surface area contributed by atoms with Crippen LogP contribution in [-0.4, -0.2) is 55.1 Å². The van der Waals surface area contributed by atoms with E-state index >= 15 is 0 Å². The molecule has 1 aromatic carbocycles. The van der Waals surface area contributed by atoms with E-state index in [1.54, 1.807) is 7.11 Å². The maximum Gasteiger partial charge on any atom is 0.234 e. The first-order valence-corrected chi connectivity index (χ1v) is 8.23. The maximum absolute atomic E-state index is 11.3. The molecule has 1 aliphatic heterocycles. The summed E-state index contributed by atoms with van der Waals surface area (Å²) in [6.07, 6.45) is 0. The van der Waals surface area contributed by atoms with E-state index in [0.29, 0.717) is 0 Å². The molecule has 6 nitrogen and oxygen atoms in total. The molecule has 1 atom stereocenters. The second kappa shape index (κ2) is 6.65. The van der Waals surface area contributed by atoms with Crippen LogP contribution >= 0.6 is 0 Å². The van der Waals surface area contributed by atoms with Gasteiger partial charge in [0.15, 0.2) is 0 Å². The minimum absolute atomic E-state index is 0.217. The molecule has 128 valence electrons. The molecule has 0 unspecified atom stereocenters. The van der Waals surface area contributed by atoms with Crippen molar-refractivity contribution < 1.29 is 9.53 Å². The summed E-state index contributed by atoms with van der Waals surface area (Å²) < 4.78 is 5.28. The molecule has 24 heavy (non-hydrogen) atoms. The van der Waals surface area contributed by atoms with Gasteiger partial charge in [-0.15, -0.1) is 0 Å². The molecular weight excluding hydrogens is 304 g/mol. The van der Waals surface area contributed by atoms with Gasteiger partial charge in [0.25, 0.3) is 0 Å². The number of aryl methyl sites for hydroxylation is 1. The van der Waals surface area contributed by atoms with Gasteiger partial charge in [-0.1, -0.05) is 0 Å². The lowest BCUT2D eigenvalue weighted by atomic mass is 10.1. The number of carbonyl (C=O) groups excluding carboxylic acids is 1. The molecule has 1 fully saturated rings. The molecule has 2 N–H and O–H groups in total. The molecule has 1 amide bonds. The fourth-order valence-electron chi connectivity index (χ4n) is 3.20. The third-order valence-corrected chi connectivity index (χ3v) is 4.76. The Hall–Kier alpha value is -2.34. The van der Waals surface area contributed by atoms with Gasteiger partial charge in [-0.25, -0.2) is 4.98 Å². The monoisotopic (exact) mass is 328 g/mol. The zero-order valence-electron chi connectivity index (χ0n) is 14.5. The lowest BCUT2D eigenvalue weighted by Crippen LogP contribution is -2.53. The van der Waals surface area contributed by atoms with Gasteiger partial charge in [-0.2, -0.15) is 0 Å². The maximum atomic E-state index is 11.3. The summed E-state index contributed by atoms with van der Waals surface area (Å²) in [4.78, 5) is 20.6. The highest BCUT2D eigenvalue weighted by Gasteiger charge is 2.25. The Morgan fingerprint density at radius 1 is 1.25 bits per heavy atom. The number of hydrogen-bond acceptors (Lipinski definition) is 5. The Balaban J connectivity index is 1.80. The summed E-state index contributed by atoms with van der Waals surface area (Å²) >= 11 is 0. The predicted octanol–water partition coefficient (Wildman–Crippen LogP) is 1.55. The fraction of sp³-hybridized carbons (Fsp3) is 0.444. The predicted molar refractivity (Wildman–Crippen MR) is 95.5 cm³/mol. The number of fused-ring (bicyclic) bond motifs is 1. The number of aromatic nitrogens is 1. The zero-order chi connectivity index (χ0) is 17.3. The first-order chi connectivity index (χ1) is 11.5. The van der Waals surface area contributed by atoms with Crippen molar-refractivity contribution in [3.8, 4) is 5.75 Å². The number of rotatable bonds is 4. The number of nitrogens with zero attached hydrogens (tertiary/aromatic N) is 3. The van der Waals surface area contributed by atoms with Crippen LogP contribution in [0.25, 0.3) is 10.9 Å². The molecule has 2 aromatic rings. The lowest BCUT2D eigenvalue weighted by Gasteiger charge is -2.38. The summed E-state index contributed by atoms with van der Waals surface area (Å²) in [5.74, 6) is 1.59. The summed E-state index contributed by atoms with van der Waals surface area (Å²) in [7, 11) is 1.67. The number of piperazine rings is 1. The topological polar surface area (TPSA) is 71.7 Å². The second-order valence-electron chi connectivity index (χ2n) is 6.29. The van der Waals surface area contributed by atoms with Gasteiger partial charge in [0.1, 0.15) is 11.6 Å². The van der Waals surface area contributed by atoms with Crippen LogP contribution in [0.2, 0.25) is 0 Å². The number of amides is 1. The van der Waals surface area contributed by atoms with E-state index in [1.807, 2.05) is 25.1 Å². The highest BCUT2D eigenvalue weighted by atomic mass is 16.5. The minimum Gasteiger partial charge on any atom is -0.497 e. The molecule has 1 aliphatic rings. The normalized spacial score (nSPS) is 17.0. The molecule has 0 spiro atoms. The molecule has 1 aromatic heterocycles. The quantitative estimate of drug-likeness (QED) is 0.922. The van der Waals surface area contributed by atoms with Gasteiger partial charge in [-0.3, -0.25) is 9.69 Å². The third-order valence-electron chi connectivity index (χ3n) is 4.76. The molecule has 1 saturated heterocycles. The molecule has 0 saturated carbocycles. The van der Waals surface area contributed by atoms with Gasteiger partial charge in [0.2, 0.25) is 5.91 Å². The van der Waals surface area contributed by atoms with E-state index < -0.39 is 0 Å². The van der Waals surface area contributed by atoms with Crippen molar-refractivity contribution in [3.63, 3.8) is 0 Å². The third kappa shape index (κ3) is 3.14. The van der Waals surface area contributed by atoms with Crippen LogP contribution in [0.5, 0.6) is 5.75 Å². The van der Waals surface area contributed by atoms with Crippen LogP contribution in [0.15, 0.2) is 24.3 Å². The van der Waals surface area contributed by atoms with E-state index in [1.165, 1.54) is 0 Å². The van der Waals surface area contributed by atoms with Gasteiger partial charge in [0, 0.05) is 31.6 Å².